The van der Waals surface area contributed by atoms with Gasteiger partial charge in [0.25, 0.3) is 0 Å². The molecule has 4 N–H and O–H groups in total. The summed E-state index contributed by atoms with van der Waals surface area (Å²) in [6.07, 6.45) is -7.63. The van der Waals surface area contributed by atoms with Gasteiger partial charge in [0.2, 0.25) is 0 Å². The van der Waals surface area contributed by atoms with Gasteiger partial charge in [-0.3, -0.25) is 0 Å². The van der Waals surface area contributed by atoms with Crippen LogP contribution in [0.15, 0.2) is 42.5 Å². The summed E-state index contributed by atoms with van der Waals surface area (Å²) in [4.78, 5) is 0. The number of benzene rings is 2. The van der Waals surface area contributed by atoms with Gasteiger partial charge in [-0.25, -0.2) is 0 Å². The average molecular weight is 477 g/mol. The molecule has 0 radical (unpaired) electrons. The molecule has 0 aliphatic carbocycles. The Morgan fingerprint density at radius 2 is 1.59 bits per heavy atom. The predicted octanol–water partition coefficient (Wildman–Crippen LogP) is 3.69. The van der Waals surface area contributed by atoms with Crippen molar-refractivity contribution in [2.75, 3.05) is 13.2 Å². The van der Waals surface area contributed by atoms with Gasteiger partial charge >= 0.3 is 6.18 Å². The first kappa shape index (κ1) is 26.4. The molecular weight excluding hydrogens is 449 g/mol. The standard InChI is InChI=1S/C23H28ClF3O5/c1-13(21(30)14(2)22(31)20(29)11-28)16-5-8-19(24)17(10-16)9-15-3-6-18(7-4-15)32-12-23(25,26)27/h3-8,10,13-14,20-22,28-31H,9,11-12H2,1-2H3. The molecule has 0 bridgehead atoms. The average Bonchev–Trinajstić information content (AvgIpc) is 2.76. The van der Waals surface area contributed by atoms with Crippen molar-refractivity contribution in [3.8, 4) is 5.75 Å². The van der Waals surface area contributed by atoms with Gasteiger partial charge in [0.05, 0.1) is 18.8 Å². The van der Waals surface area contributed by atoms with Gasteiger partial charge < -0.3 is 25.2 Å². The first-order chi connectivity index (χ1) is 14.9. The molecule has 0 saturated carbocycles. The summed E-state index contributed by atoms with van der Waals surface area (Å²) in [7, 11) is 0. The maximum atomic E-state index is 12.3. The third-order valence-corrected chi connectivity index (χ3v) is 5.86. The van der Waals surface area contributed by atoms with E-state index >= 15 is 0 Å². The molecule has 2 aromatic carbocycles. The summed E-state index contributed by atoms with van der Waals surface area (Å²) in [6.45, 7) is 1.39. The number of halogens is 4. The Hall–Kier alpha value is -1.84. The number of hydrogen-bond donors (Lipinski definition) is 4. The summed E-state index contributed by atoms with van der Waals surface area (Å²) in [5.74, 6) is -0.990. The molecule has 0 aromatic heterocycles. The van der Waals surface area contributed by atoms with Gasteiger partial charge in [-0.15, -0.1) is 0 Å². The van der Waals surface area contributed by atoms with Crippen molar-refractivity contribution in [2.45, 2.75) is 50.7 Å². The molecule has 5 atom stereocenters. The lowest BCUT2D eigenvalue weighted by Crippen LogP contribution is -2.41. The Bertz CT molecular complexity index is 860. The zero-order valence-corrected chi connectivity index (χ0v) is 18.5. The fourth-order valence-corrected chi connectivity index (χ4v) is 3.60. The molecule has 2 aromatic rings. The highest BCUT2D eigenvalue weighted by Crippen LogP contribution is 2.30. The molecule has 178 valence electrons. The minimum absolute atomic E-state index is 0.111. The third kappa shape index (κ3) is 7.35. The van der Waals surface area contributed by atoms with Crippen molar-refractivity contribution < 1.29 is 38.3 Å². The molecule has 0 spiro atoms. The van der Waals surface area contributed by atoms with E-state index in [1.807, 2.05) is 6.07 Å². The highest BCUT2D eigenvalue weighted by molar-refractivity contribution is 6.31. The van der Waals surface area contributed by atoms with Gasteiger partial charge in [0, 0.05) is 16.9 Å². The maximum absolute atomic E-state index is 12.3. The topological polar surface area (TPSA) is 90.2 Å². The van der Waals surface area contributed by atoms with Crippen molar-refractivity contribution in [2.24, 2.45) is 5.92 Å². The molecule has 9 heteroatoms. The summed E-state index contributed by atoms with van der Waals surface area (Å²) in [5, 5.41) is 39.9. The van der Waals surface area contributed by atoms with Crippen LogP contribution in [0.25, 0.3) is 0 Å². The van der Waals surface area contributed by atoms with E-state index in [1.165, 1.54) is 12.1 Å². The number of aliphatic hydroxyl groups is 4. The van der Waals surface area contributed by atoms with Gasteiger partial charge in [-0.1, -0.05) is 49.7 Å². The van der Waals surface area contributed by atoms with Crippen LogP contribution in [-0.4, -0.2) is 58.1 Å². The largest absolute Gasteiger partial charge is 0.484 e. The quantitative estimate of drug-likeness (QED) is 0.420. The normalized spacial score (nSPS) is 16.8. The number of alkyl halides is 3. The molecule has 0 amide bonds. The van der Waals surface area contributed by atoms with Crippen LogP contribution in [0.3, 0.4) is 0 Å². The van der Waals surface area contributed by atoms with E-state index < -0.39 is 49.5 Å². The molecule has 5 nitrogen and oxygen atoms in total. The lowest BCUT2D eigenvalue weighted by Gasteiger charge is -2.30. The summed E-state index contributed by atoms with van der Waals surface area (Å²) < 4.78 is 41.5. The number of rotatable bonds is 10. The second kappa shape index (κ2) is 11.3. The van der Waals surface area contributed by atoms with Crippen molar-refractivity contribution in [1.82, 2.24) is 0 Å². The summed E-state index contributed by atoms with van der Waals surface area (Å²) >= 11 is 6.32. The first-order valence-corrected chi connectivity index (χ1v) is 10.5. The van der Waals surface area contributed by atoms with Crippen LogP contribution in [0.2, 0.25) is 5.02 Å². The molecule has 2 rings (SSSR count). The van der Waals surface area contributed by atoms with E-state index in [2.05, 4.69) is 0 Å². The molecule has 0 heterocycles. The highest BCUT2D eigenvalue weighted by Gasteiger charge is 2.32. The Morgan fingerprint density at radius 3 is 2.16 bits per heavy atom. The van der Waals surface area contributed by atoms with E-state index in [0.29, 0.717) is 11.4 Å². The molecule has 0 fully saturated rings. The zero-order chi connectivity index (χ0) is 24.1. The Kier molecular flexibility index (Phi) is 9.36. The minimum atomic E-state index is -4.41. The molecule has 32 heavy (non-hydrogen) atoms. The van der Waals surface area contributed by atoms with E-state index in [0.717, 1.165) is 16.7 Å². The van der Waals surface area contributed by atoms with Crippen LogP contribution in [0.1, 0.15) is 36.5 Å². The van der Waals surface area contributed by atoms with Crippen LogP contribution >= 0.6 is 11.6 Å². The van der Waals surface area contributed by atoms with E-state index in [4.69, 9.17) is 21.4 Å². The van der Waals surface area contributed by atoms with Gasteiger partial charge in [-0.2, -0.15) is 13.2 Å². The lowest BCUT2D eigenvalue weighted by atomic mass is 9.83. The molecular formula is C23H28ClF3O5. The Balaban J connectivity index is 2.12. The smallest absolute Gasteiger partial charge is 0.422 e. The van der Waals surface area contributed by atoms with Crippen molar-refractivity contribution in [1.29, 1.82) is 0 Å². The number of aliphatic hydroxyl groups excluding tert-OH is 4. The van der Waals surface area contributed by atoms with Crippen LogP contribution in [0.4, 0.5) is 13.2 Å². The predicted molar refractivity (Wildman–Crippen MR) is 115 cm³/mol. The maximum Gasteiger partial charge on any atom is 0.422 e. The summed E-state index contributed by atoms with van der Waals surface area (Å²) in [5.41, 5.74) is 2.34. The fraction of sp³-hybridized carbons (Fsp3) is 0.478. The molecule has 0 aliphatic rings. The lowest BCUT2D eigenvalue weighted by molar-refractivity contribution is -0.153. The summed E-state index contributed by atoms with van der Waals surface area (Å²) in [6, 6.07) is 11.5. The van der Waals surface area contributed by atoms with Gasteiger partial charge in [-0.05, 0) is 41.3 Å². The molecule has 5 unspecified atom stereocenters. The Morgan fingerprint density at radius 1 is 0.969 bits per heavy atom. The highest BCUT2D eigenvalue weighted by atomic mass is 35.5. The molecule has 0 saturated heterocycles. The van der Waals surface area contributed by atoms with Gasteiger partial charge in [0.15, 0.2) is 6.61 Å². The monoisotopic (exact) mass is 476 g/mol. The van der Waals surface area contributed by atoms with Crippen LogP contribution in [0, 0.1) is 5.92 Å². The molecule has 0 aliphatic heterocycles. The SMILES string of the molecule is CC(c1ccc(Cl)c(Cc2ccc(OCC(F)(F)F)cc2)c1)C(O)C(C)C(O)C(O)CO. The minimum Gasteiger partial charge on any atom is -0.484 e. The fourth-order valence-electron chi connectivity index (χ4n) is 3.41. The van der Waals surface area contributed by atoms with Crippen molar-refractivity contribution in [3.05, 3.63) is 64.2 Å². The van der Waals surface area contributed by atoms with Gasteiger partial charge in [0.1, 0.15) is 11.9 Å². The zero-order valence-electron chi connectivity index (χ0n) is 17.8. The van der Waals surface area contributed by atoms with Crippen molar-refractivity contribution in [3.63, 3.8) is 0 Å². The third-order valence-electron chi connectivity index (χ3n) is 5.49. The van der Waals surface area contributed by atoms with Crippen LogP contribution in [-0.2, 0) is 6.42 Å². The Labute approximate surface area is 190 Å². The van der Waals surface area contributed by atoms with Crippen LogP contribution in [0.5, 0.6) is 5.75 Å². The second-order valence-corrected chi connectivity index (χ2v) is 8.36. The van der Waals surface area contributed by atoms with Crippen molar-refractivity contribution >= 4 is 11.6 Å². The second-order valence-electron chi connectivity index (χ2n) is 7.95. The number of hydrogen-bond acceptors (Lipinski definition) is 5. The van der Waals surface area contributed by atoms with E-state index in [9.17, 15) is 28.5 Å². The van der Waals surface area contributed by atoms with Crippen LogP contribution < -0.4 is 4.74 Å². The van der Waals surface area contributed by atoms with E-state index in [-0.39, 0.29) is 5.75 Å². The first-order valence-electron chi connectivity index (χ1n) is 10.1. The van der Waals surface area contributed by atoms with E-state index in [1.54, 1.807) is 38.1 Å². The number of ether oxygens (including phenoxy) is 1.